The van der Waals surface area contributed by atoms with Crippen LogP contribution in [0.1, 0.15) is 47.1 Å². The van der Waals surface area contributed by atoms with E-state index in [9.17, 15) is 9.59 Å². The van der Waals surface area contributed by atoms with Gasteiger partial charge in [0.25, 0.3) is 11.8 Å². The van der Waals surface area contributed by atoms with E-state index < -0.39 is 0 Å². The quantitative estimate of drug-likeness (QED) is 0.690. The summed E-state index contributed by atoms with van der Waals surface area (Å²) in [5.41, 5.74) is 3.89. The van der Waals surface area contributed by atoms with Crippen molar-refractivity contribution in [1.29, 1.82) is 0 Å². The number of para-hydroxylation sites is 1. The molecule has 0 atom stereocenters. The second-order valence-corrected chi connectivity index (χ2v) is 7.54. The summed E-state index contributed by atoms with van der Waals surface area (Å²) >= 11 is 0. The van der Waals surface area contributed by atoms with Crippen LogP contribution in [0.4, 0.5) is 5.69 Å². The fraction of sp³-hybridized carbons (Fsp3) is 0.217. The van der Waals surface area contributed by atoms with Gasteiger partial charge in [0.2, 0.25) is 5.91 Å². The Kier molecular flexibility index (Phi) is 4.95. The predicted octanol–water partition coefficient (Wildman–Crippen LogP) is 4.23. The highest BCUT2D eigenvalue weighted by atomic mass is 16.5. The number of rotatable bonds is 5. The van der Waals surface area contributed by atoms with Crippen LogP contribution in [0.3, 0.4) is 0 Å². The lowest BCUT2D eigenvalue weighted by atomic mass is 10.1. The van der Waals surface area contributed by atoms with Gasteiger partial charge in [0, 0.05) is 22.7 Å². The van der Waals surface area contributed by atoms with E-state index in [0.29, 0.717) is 34.2 Å². The second-order valence-electron chi connectivity index (χ2n) is 7.54. The molecule has 1 N–H and O–H groups in total. The highest BCUT2D eigenvalue weighted by Gasteiger charge is 2.32. The molecule has 30 heavy (non-hydrogen) atoms. The Bertz CT molecular complexity index is 1130. The first-order valence-corrected chi connectivity index (χ1v) is 9.70. The number of hydrogen-bond donors (Lipinski definition) is 1. The third kappa shape index (κ3) is 3.39. The molecule has 2 aromatic carbocycles. The topological polar surface area (TPSA) is 88.3 Å². The number of hydrogen-bond acceptors (Lipinski definition) is 5. The third-order valence-electron chi connectivity index (χ3n) is 5.07. The van der Waals surface area contributed by atoms with Crippen LogP contribution < -0.4 is 5.32 Å². The Balaban J connectivity index is 1.57. The minimum absolute atomic E-state index is 0.124. The molecule has 3 aromatic rings. The maximum atomic E-state index is 12.8. The number of carbonyl (C=O) groups excluding carboxylic acids is 2. The van der Waals surface area contributed by atoms with Crippen molar-refractivity contribution >= 4 is 23.2 Å². The van der Waals surface area contributed by atoms with Crippen molar-refractivity contribution in [2.45, 2.75) is 26.7 Å². The Labute approximate surface area is 174 Å². The maximum Gasteiger partial charge on any atom is 0.260 e. The number of carbonyl (C=O) groups is 2. The van der Waals surface area contributed by atoms with E-state index in [1.807, 2.05) is 51.1 Å². The number of fused-ring (bicyclic) bond motifs is 1. The zero-order valence-electron chi connectivity index (χ0n) is 17.1. The van der Waals surface area contributed by atoms with Crippen LogP contribution >= 0.6 is 0 Å². The Hall–Kier alpha value is -3.74. The van der Waals surface area contributed by atoms with Gasteiger partial charge in [-0.3, -0.25) is 14.5 Å². The number of aromatic nitrogens is 2. The summed E-state index contributed by atoms with van der Waals surface area (Å²) in [5.74, 6) is 0.497. The van der Waals surface area contributed by atoms with Gasteiger partial charge < -0.3 is 9.84 Å². The number of benzene rings is 2. The molecule has 0 fully saturated rings. The molecular formula is C23H22N4O3. The third-order valence-corrected chi connectivity index (χ3v) is 5.07. The highest BCUT2D eigenvalue weighted by molar-refractivity contribution is 6.11. The number of nitrogens with zero attached hydrogens (tertiary/aromatic N) is 3. The zero-order chi connectivity index (χ0) is 21.4. The molecule has 1 aromatic heterocycles. The largest absolute Gasteiger partial charge is 0.334 e. The fourth-order valence-electron chi connectivity index (χ4n) is 3.42. The fourth-order valence-corrected chi connectivity index (χ4v) is 3.42. The summed E-state index contributed by atoms with van der Waals surface area (Å²) in [6.45, 7) is 9.68. The predicted molar refractivity (Wildman–Crippen MR) is 114 cm³/mol. The lowest BCUT2D eigenvalue weighted by Crippen LogP contribution is -2.33. The van der Waals surface area contributed by atoms with Crippen LogP contribution in [0.15, 0.2) is 53.6 Å². The molecule has 0 unspecified atom stereocenters. The molecule has 2 amide bonds. The Morgan fingerprint density at radius 3 is 2.50 bits per heavy atom. The van der Waals surface area contributed by atoms with Gasteiger partial charge in [-0.15, -0.1) is 0 Å². The number of anilines is 1. The number of aryl methyl sites for hydroxylation is 1. The van der Waals surface area contributed by atoms with Crippen LogP contribution in [0, 0.1) is 6.92 Å². The van der Waals surface area contributed by atoms with Gasteiger partial charge in [-0.1, -0.05) is 55.9 Å². The molecule has 0 bridgehead atoms. The van der Waals surface area contributed by atoms with Crippen LogP contribution in [0.2, 0.25) is 0 Å². The van der Waals surface area contributed by atoms with E-state index in [0.717, 1.165) is 11.1 Å². The van der Waals surface area contributed by atoms with E-state index in [-0.39, 0.29) is 24.3 Å². The Morgan fingerprint density at radius 1 is 1.13 bits per heavy atom. The minimum atomic E-state index is -0.337. The van der Waals surface area contributed by atoms with Crippen molar-refractivity contribution < 1.29 is 14.1 Å². The normalized spacial score (nSPS) is 13.1. The molecule has 152 valence electrons. The molecule has 7 nitrogen and oxygen atoms in total. The van der Waals surface area contributed by atoms with E-state index in [2.05, 4.69) is 22.0 Å². The van der Waals surface area contributed by atoms with Crippen LogP contribution in [0.5, 0.6) is 0 Å². The van der Waals surface area contributed by atoms with Crippen molar-refractivity contribution in [2.24, 2.45) is 0 Å². The average molecular weight is 402 g/mol. The summed E-state index contributed by atoms with van der Waals surface area (Å²) in [7, 11) is 0. The van der Waals surface area contributed by atoms with Crippen LogP contribution in [-0.4, -0.2) is 33.4 Å². The first-order chi connectivity index (χ1) is 14.4. The van der Waals surface area contributed by atoms with Gasteiger partial charge in [-0.2, -0.15) is 4.98 Å². The minimum Gasteiger partial charge on any atom is -0.334 e. The maximum absolute atomic E-state index is 12.8. The molecule has 7 heteroatoms. The van der Waals surface area contributed by atoms with Crippen molar-refractivity contribution in [1.82, 2.24) is 15.0 Å². The summed E-state index contributed by atoms with van der Waals surface area (Å²) in [6, 6.07) is 12.8. The SMILES string of the molecule is C=C1c2ccccc2C(=O)N1CC(=O)Nc1c(C)cccc1-c1nc(C(C)C)no1. The summed E-state index contributed by atoms with van der Waals surface area (Å²) in [4.78, 5) is 31.3. The Morgan fingerprint density at radius 2 is 1.83 bits per heavy atom. The number of nitrogens with one attached hydrogen (secondary N) is 1. The molecule has 0 saturated carbocycles. The molecule has 4 rings (SSSR count). The van der Waals surface area contributed by atoms with Gasteiger partial charge in [-0.05, 0) is 24.6 Å². The summed E-state index contributed by atoms with van der Waals surface area (Å²) in [5, 5.41) is 6.91. The van der Waals surface area contributed by atoms with Crippen molar-refractivity contribution in [3.63, 3.8) is 0 Å². The highest BCUT2D eigenvalue weighted by Crippen LogP contribution is 2.33. The first-order valence-electron chi connectivity index (χ1n) is 9.70. The summed E-state index contributed by atoms with van der Waals surface area (Å²) < 4.78 is 5.41. The molecule has 0 aliphatic carbocycles. The molecule has 2 heterocycles. The second kappa shape index (κ2) is 7.59. The van der Waals surface area contributed by atoms with Gasteiger partial charge in [-0.25, -0.2) is 0 Å². The van der Waals surface area contributed by atoms with Crippen molar-refractivity contribution in [3.8, 4) is 11.5 Å². The van der Waals surface area contributed by atoms with E-state index in [1.54, 1.807) is 12.1 Å². The van der Waals surface area contributed by atoms with E-state index >= 15 is 0 Å². The van der Waals surface area contributed by atoms with Crippen molar-refractivity contribution in [3.05, 3.63) is 71.6 Å². The summed E-state index contributed by atoms with van der Waals surface area (Å²) in [6.07, 6.45) is 0. The van der Waals surface area contributed by atoms with Gasteiger partial charge in [0.05, 0.1) is 11.3 Å². The average Bonchev–Trinajstić information content (AvgIpc) is 3.30. The van der Waals surface area contributed by atoms with Crippen LogP contribution in [0.25, 0.3) is 17.2 Å². The molecule has 0 radical (unpaired) electrons. The first kappa shape index (κ1) is 19.6. The molecule has 0 spiro atoms. The van der Waals surface area contributed by atoms with Crippen LogP contribution in [-0.2, 0) is 4.79 Å². The van der Waals surface area contributed by atoms with E-state index in [4.69, 9.17) is 4.52 Å². The standard InChI is InChI=1S/C23H22N4O3/c1-13(2)21-25-22(30-26-21)18-11-7-8-14(3)20(18)24-19(28)12-27-15(4)16-9-5-6-10-17(16)23(27)29/h5-11,13H,4,12H2,1-3H3,(H,24,28). The molecule has 0 saturated heterocycles. The van der Waals surface area contributed by atoms with Crippen molar-refractivity contribution in [2.75, 3.05) is 11.9 Å². The molecule has 1 aliphatic rings. The monoisotopic (exact) mass is 402 g/mol. The van der Waals surface area contributed by atoms with Gasteiger partial charge >= 0.3 is 0 Å². The smallest absolute Gasteiger partial charge is 0.260 e. The lowest BCUT2D eigenvalue weighted by molar-refractivity contribution is -0.116. The van der Waals surface area contributed by atoms with E-state index in [1.165, 1.54) is 4.90 Å². The van der Waals surface area contributed by atoms with Gasteiger partial charge in [0.1, 0.15) is 6.54 Å². The lowest BCUT2D eigenvalue weighted by Gasteiger charge is -2.18. The zero-order valence-corrected chi connectivity index (χ0v) is 17.1. The van der Waals surface area contributed by atoms with Gasteiger partial charge in [0.15, 0.2) is 5.82 Å². The number of amides is 2. The molecular weight excluding hydrogens is 380 g/mol. The molecule has 1 aliphatic heterocycles.